The van der Waals surface area contributed by atoms with Gasteiger partial charge in [-0.1, -0.05) is 6.07 Å². The van der Waals surface area contributed by atoms with Crippen LogP contribution in [0.1, 0.15) is 26.3 Å². The molecule has 2 amide bonds. The lowest BCUT2D eigenvalue weighted by Gasteiger charge is -2.09. The van der Waals surface area contributed by atoms with Crippen molar-refractivity contribution < 1.29 is 14.3 Å². The summed E-state index contributed by atoms with van der Waals surface area (Å²) in [5, 5.41) is 9.26. The van der Waals surface area contributed by atoms with Crippen molar-refractivity contribution in [3.63, 3.8) is 0 Å². The van der Waals surface area contributed by atoms with Crippen molar-refractivity contribution in [2.75, 3.05) is 10.6 Å². The molecule has 2 aromatic carbocycles. The molecule has 0 fully saturated rings. The molecule has 3 aromatic rings. The Kier molecular flexibility index (Phi) is 3.74. The van der Waals surface area contributed by atoms with Gasteiger partial charge < -0.3 is 15.4 Å². The van der Waals surface area contributed by atoms with Crippen molar-refractivity contribution in [2.45, 2.75) is 6.92 Å². The zero-order chi connectivity index (χ0) is 17.4. The number of benzene rings is 2. The van der Waals surface area contributed by atoms with E-state index in [1.165, 1.54) is 11.3 Å². The minimum Gasteiger partial charge on any atom is -0.454 e. The molecule has 0 radical (unpaired) electrons. The van der Waals surface area contributed by atoms with Crippen molar-refractivity contribution in [1.29, 1.82) is 0 Å². The van der Waals surface area contributed by atoms with Crippen LogP contribution >= 0.6 is 11.3 Å². The van der Waals surface area contributed by atoms with Gasteiger partial charge in [-0.3, -0.25) is 9.59 Å². The Morgan fingerprint density at radius 1 is 1.12 bits per heavy atom. The summed E-state index contributed by atoms with van der Waals surface area (Å²) in [5.41, 5.74) is 3.15. The normalized spacial score (nSPS) is 12.3. The van der Waals surface area contributed by atoms with E-state index < -0.39 is 0 Å². The molecule has 0 bridgehead atoms. The third-order valence-electron chi connectivity index (χ3n) is 3.87. The molecule has 2 N–H and O–H groups in total. The summed E-state index contributed by atoms with van der Waals surface area (Å²) in [4.78, 5) is 24.7. The van der Waals surface area contributed by atoms with Gasteiger partial charge in [-0.25, -0.2) is 0 Å². The standard InChI is InChI=1S/C19H14N2O3S/c1-11-2-4-17-15(8-11)21-19(23)14-9-13(3-5-16(14)24-17)20-18(22)12-6-7-25-10-12/h2-10H,1H3,(H,20,22)(H,21,23). The van der Waals surface area contributed by atoms with Crippen LogP contribution in [0.15, 0.2) is 53.2 Å². The number of rotatable bonds is 2. The van der Waals surface area contributed by atoms with Crippen LogP contribution in [0, 0.1) is 6.92 Å². The van der Waals surface area contributed by atoms with Gasteiger partial charge in [0.2, 0.25) is 0 Å². The molecule has 25 heavy (non-hydrogen) atoms. The second-order valence-electron chi connectivity index (χ2n) is 5.73. The number of carbonyl (C=O) groups is 2. The second kappa shape index (κ2) is 6.07. The first-order chi connectivity index (χ1) is 12.1. The van der Waals surface area contributed by atoms with Crippen LogP contribution in [0.3, 0.4) is 0 Å². The summed E-state index contributed by atoms with van der Waals surface area (Å²) in [7, 11) is 0. The summed E-state index contributed by atoms with van der Waals surface area (Å²) in [5.74, 6) is 0.558. The first-order valence-electron chi connectivity index (χ1n) is 7.67. The van der Waals surface area contributed by atoms with Gasteiger partial charge in [0.15, 0.2) is 5.75 Å². The molecule has 0 spiro atoms. The zero-order valence-corrected chi connectivity index (χ0v) is 14.1. The summed E-state index contributed by atoms with van der Waals surface area (Å²) in [6, 6.07) is 12.4. The van der Waals surface area contributed by atoms with Crippen LogP contribution < -0.4 is 15.4 Å². The second-order valence-corrected chi connectivity index (χ2v) is 6.51. The lowest BCUT2D eigenvalue weighted by atomic mass is 10.1. The van der Waals surface area contributed by atoms with Crippen molar-refractivity contribution >= 4 is 34.5 Å². The first-order valence-corrected chi connectivity index (χ1v) is 8.62. The Balaban J connectivity index is 1.65. The van der Waals surface area contributed by atoms with Gasteiger partial charge in [-0.05, 0) is 54.3 Å². The molecular formula is C19H14N2O3S. The highest BCUT2D eigenvalue weighted by Gasteiger charge is 2.21. The lowest BCUT2D eigenvalue weighted by Crippen LogP contribution is -2.13. The number of hydrogen-bond acceptors (Lipinski definition) is 4. The van der Waals surface area contributed by atoms with Crippen LogP contribution in [0.5, 0.6) is 11.5 Å². The largest absolute Gasteiger partial charge is 0.454 e. The summed E-state index contributed by atoms with van der Waals surface area (Å²) < 4.78 is 5.87. The van der Waals surface area contributed by atoms with Gasteiger partial charge in [0.1, 0.15) is 5.75 Å². The number of fused-ring (bicyclic) bond motifs is 2. The fourth-order valence-electron chi connectivity index (χ4n) is 2.61. The highest BCUT2D eigenvalue weighted by Crippen LogP contribution is 2.37. The molecule has 1 aromatic heterocycles. The minimum atomic E-state index is -0.272. The summed E-state index contributed by atoms with van der Waals surface area (Å²) in [6.45, 7) is 1.95. The highest BCUT2D eigenvalue weighted by molar-refractivity contribution is 7.08. The highest BCUT2D eigenvalue weighted by atomic mass is 32.1. The van der Waals surface area contributed by atoms with Crippen molar-refractivity contribution in [3.05, 3.63) is 69.9 Å². The maximum absolute atomic E-state index is 12.5. The van der Waals surface area contributed by atoms with E-state index in [-0.39, 0.29) is 11.8 Å². The summed E-state index contributed by atoms with van der Waals surface area (Å²) >= 11 is 1.45. The van der Waals surface area contributed by atoms with Crippen molar-refractivity contribution in [2.24, 2.45) is 0 Å². The molecule has 5 nitrogen and oxygen atoms in total. The molecule has 1 aliphatic heterocycles. The number of amides is 2. The molecule has 1 aliphatic rings. The van der Waals surface area contributed by atoms with Gasteiger partial charge >= 0.3 is 0 Å². The predicted molar refractivity (Wildman–Crippen MR) is 97.9 cm³/mol. The van der Waals surface area contributed by atoms with Crippen LogP contribution in [0.2, 0.25) is 0 Å². The molecule has 2 heterocycles. The number of ether oxygens (including phenoxy) is 1. The van der Waals surface area contributed by atoms with Gasteiger partial charge in [-0.2, -0.15) is 11.3 Å². The number of aryl methyl sites for hydroxylation is 1. The number of anilines is 2. The Morgan fingerprint density at radius 3 is 2.76 bits per heavy atom. The summed E-state index contributed by atoms with van der Waals surface area (Å²) in [6.07, 6.45) is 0. The van der Waals surface area contributed by atoms with E-state index in [1.807, 2.05) is 30.5 Å². The van der Waals surface area contributed by atoms with Crippen molar-refractivity contribution in [1.82, 2.24) is 0 Å². The third-order valence-corrected chi connectivity index (χ3v) is 4.55. The fourth-order valence-corrected chi connectivity index (χ4v) is 3.25. The number of nitrogens with one attached hydrogen (secondary N) is 2. The molecule has 124 valence electrons. The van der Waals surface area contributed by atoms with Gasteiger partial charge in [0, 0.05) is 11.1 Å². The molecule has 6 heteroatoms. The first kappa shape index (κ1) is 15.4. The van der Waals surface area contributed by atoms with Crippen LogP contribution in [-0.4, -0.2) is 11.8 Å². The van der Waals surface area contributed by atoms with Crippen LogP contribution in [0.25, 0.3) is 0 Å². The topological polar surface area (TPSA) is 67.4 Å². The number of thiophene rings is 1. The minimum absolute atomic E-state index is 0.213. The van der Waals surface area contributed by atoms with E-state index in [4.69, 9.17) is 4.74 Å². The monoisotopic (exact) mass is 350 g/mol. The van der Waals surface area contributed by atoms with Gasteiger partial charge in [0.25, 0.3) is 11.8 Å². The molecule has 0 unspecified atom stereocenters. The molecular weight excluding hydrogens is 336 g/mol. The maximum atomic E-state index is 12.5. The number of hydrogen-bond donors (Lipinski definition) is 2. The fraction of sp³-hybridized carbons (Fsp3) is 0.0526. The predicted octanol–water partition coefficient (Wildman–Crippen LogP) is 4.67. The van der Waals surface area contributed by atoms with E-state index in [2.05, 4.69) is 10.6 Å². The molecule has 4 rings (SSSR count). The molecule has 0 aliphatic carbocycles. The molecule has 0 saturated heterocycles. The van der Waals surface area contributed by atoms with Crippen molar-refractivity contribution in [3.8, 4) is 11.5 Å². The smallest absolute Gasteiger partial charge is 0.259 e. The zero-order valence-electron chi connectivity index (χ0n) is 13.3. The Morgan fingerprint density at radius 2 is 1.96 bits per heavy atom. The lowest BCUT2D eigenvalue weighted by molar-refractivity contribution is 0.101. The molecule has 0 atom stereocenters. The van der Waals surface area contributed by atoms with Crippen LogP contribution in [-0.2, 0) is 0 Å². The Hall–Kier alpha value is -3.12. The third kappa shape index (κ3) is 2.99. The average Bonchev–Trinajstić information content (AvgIpc) is 3.09. The van der Waals surface area contributed by atoms with Gasteiger partial charge in [-0.15, -0.1) is 0 Å². The van der Waals surface area contributed by atoms with E-state index in [1.54, 1.807) is 29.6 Å². The Bertz CT molecular complexity index is 980. The van der Waals surface area contributed by atoms with E-state index >= 15 is 0 Å². The maximum Gasteiger partial charge on any atom is 0.259 e. The van der Waals surface area contributed by atoms with E-state index in [9.17, 15) is 9.59 Å². The average molecular weight is 350 g/mol. The van der Waals surface area contributed by atoms with E-state index in [0.29, 0.717) is 34.0 Å². The van der Waals surface area contributed by atoms with Crippen LogP contribution in [0.4, 0.5) is 11.4 Å². The Labute approximate surface area is 148 Å². The SMILES string of the molecule is Cc1ccc2c(c1)NC(=O)c1cc(NC(=O)c3ccsc3)ccc1O2. The van der Waals surface area contributed by atoms with E-state index in [0.717, 1.165) is 5.56 Å². The van der Waals surface area contributed by atoms with Gasteiger partial charge in [0.05, 0.1) is 16.8 Å². The molecule has 0 saturated carbocycles. The quantitative estimate of drug-likeness (QED) is 0.706. The number of carbonyl (C=O) groups excluding carboxylic acids is 2.